The number of amides is 1. The summed E-state index contributed by atoms with van der Waals surface area (Å²) in [6.07, 6.45) is 16.5. The van der Waals surface area contributed by atoms with Gasteiger partial charge in [0.15, 0.2) is 5.65 Å². The number of unbranched alkanes of at least 4 members (excludes halogenated alkanes) is 1. The molecule has 0 aliphatic heterocycles. The van der Waals surface area contributed by atoms with Gasteiger partial charge in [-0.3, -0.25) is 19.9 Å². The van der Waals surface area contributed by atoms with Crippen molar-refractivity contribution in [2.24, 2.45) is 0 Å². The molecule has 1 aliphatic rings. The van der Waals surface area contributed by atoms with Gasteiger partial charge in [-0.1, -0.05) is 37.6 Å². The zero-order valence-corrected chi connectivity index (χ0v) is 21.0. The van der Waals surface area contributed by atoms with Crippen molar-refractivity contribution in [2.75, 3.05) is 5.32 Å². The van der Waals surface area contributed by atoms with Crippen molar-refractivity contribution in [3.05, 3.63) is 96.4 Å². The van der Waals surface area contributed by atoms with Crippen LogP contribution in [-0.4, -0.2) is 36.0 Å². The van der Waals surface area contributed by atoms with E-state index in [2.05, 4.69) is 72.7 Å². The Bertz CT molecular complexity index is 1680. The van der Waals surface area contributed by atoms with Crippen molar-refractivity contribution < 1.29 is 4.79 Å². The van der Waals surface area contributed by atoms with Crippen molar-refractivity contribution in [2.45, 2.75) is 32.6 Å². The average Bonchev–Trinajstić information content (AvgIpc) is 3.51. The first-order chi connectivity index (χ1) is 18.7. The third-order valence-corrected chi connectivity index (χ3v) is 6.64. The van der Waals surface area contributed by atoms with E-state index in [9.17, 15) is 4.79 Å². The fourth-order valence-electron chi connectivity index (χ4n) is 4.71. The van der Waals surface area contributed by atoms with E-state index >= 15 is 0 Å². The van der Waals surface area contributed by atoms with E-state index in [0.717, 1.165) is 69.7 Å². The number of nitrogens with zero attached hydrogens (tertiary/aromatic N) is 4. The van der Waals surface area contributed by atoms with Crippen LogP contribution in [0.1, 0.15) is 43.1 Å². The smallest absolute Gasteiger partial charge is 0.224 e. The molecular weight excluding hydrogens is 474 g/mol. The number of fused-ring (bicyclic) bond motifs is 2. The SMILES string of the molecule is CCCCC(=O)Nc1cncc(-c2cnc3n[nH]c(-c4cc5c([nH]4)CC=CC=C5c4ccccn4)c3c2)c1. The van der Waals surface area contributed by atoms with Gasteiger partial charge >= 0.3 is 0 Å². The number of aromatic nitrogens is 6. The summed E-state index contributed by atoms with van der Waals surface area (Å²) in [4.78, 5) is 29.3. The molecule has 8 nitrogen and oxygen atoms in total. The van der Waals surface area contributed by atoms with Crippen LogP contribution in [0.15, 0.2) is 79.4 Å². The second-order valence-electron chi connectivity index (χ2n) is 9.31. The topological polar surface area (TPSA) is 112 Å². The highest BCUT2D eigenvalue weighted by Crippen LogP contribution is 2.34. The molecule has 5 heterocycles. The summed E-state index contributed by atoms with van der Waals surface area (Å²) in [5.74, 6) is -0.00280. The summed E-state index contributed by atoms with van der Waals surface area (Å²) in [6.45, 7) is 2.07. The Labute approximate surface area is 220 Å². The third kappa shape index (κ3) is 4.64. The highest BCUT2D eigenvalue weighted by atomic mass is 16.1. The number of hydrogen-bond donors (Lipinski definition) is 3. The molecule has 8 heteroatoms. The minimum atomic E-state index is -0.00280. The van der Waals surface area contributed by atoms with E-state index in [1.54, 1.807) is 18.6 Å². The lowest BCUT2D eigenvalue weighted by Crippen LogP contribution is -2.11. The lowest BCUT2D eigenvalue weighted by atomic mass is 10.0. The number of nitrogens with one attached hydrogen (secondary N) is 3. The number of allylic oxidation sites excluding steroid dienone is 3. The maximum atomic E-state index is 12.2. The Balaban J connectivity index is 1.35. The van der Waals surface area contributed by atoms with Crippen LogP contribution < -0.4 is 5.32 Å². The molecule has 188 valence electrons. The van der Waals surface area contributed by atoms with Gasteiger partial charge in [0.25, 0.3) is 0 Å². The molecule has 0 unspecified atom stereocenters. The average molecular weight is 502 g/mol. The molecule has 0 bridgehead atoms. The fourth-order valence-corrected chi connectivity index (χ4v) is 4.71. The molecule has 1 amide bonds. The summed E-state index contributed by atoms with van der Waals surface area (Å²) in [7, 11) is 0. The Hall–Kier alpha value is -4.85. The van der Waals surface area contributed by atoms with Gasteiger partial charge in [0.05, 0.1) is 29.0 Å². The lowest BCUT2D eigenvalue weighted by Gasteiger charge is -2.07. The molecule has 3 N–H and O–H groups in total. The van der Waals surface area contributed by atoms with Crippen LogP contribution in [0.5, 0.6) is 0 Å². The van der Waals surface area contributed by atoms with Crippen LogP contribution in [0.25, 0.3) is 39.1 Å². The van der Waals surface area contributed by atoms with Crippen molar-refractivity contribution in [1.82, 2.24) is 30.1 Å². The number of H-pyrrole nitrogens is 2. The van der Waals surface area contributed by atoms with Gasteiger partial charge < -0.3 is 10.3 Å². The van der Waals surface area contributed by atoms with Gasteiger partial charge in [-0.25, -0.2) is 4.98 Å². The third-order valence-electron chi connectivity index (χ3n) is 6.64. The number of aromatic amines is 2. The number of pyridine rings is 3. The van der Waals surface area contributed by atoms with Gasteiger partial charge in [0.1, 0.15) is 0 Å². The summed E-state index contributed by atoms with van der Waals surface area (Å²) >= 11 is 0. The number of carbonyl (C=O) groups is 1. The van der Waals surface area contributed by atoms with E-state index < -0.39 is 0 Å². The molecule has 1 aliphatic carbocycles. The molecule has 38 heavy (non-hydrogen) atoms. The number of carbonyl (C=O) groups excluding carboxylic acids is 1. The first kappa shape index (κ1) is 23.5. The monoisotopic (exact) mass is 501 g/mol. The molecule has 6 rings (SSSR count). The Morgan fingerprint density at radius 1 is 1.08 bits per heavy atom. The maximum Gasteiger partial charge on any atom is 0.224 e. The molecule has 5 aromatic rings. The van der Waals surface area contributed by atoms with Crippen molar-refractivity contribution >= 4 is 28.2 Å². The minimum Gasteiger partial charge on any atom is -0.356 e. The van der Waals surface area contributed by atoms with Gasteiger partial charge in [-0.15, -0.1) is 0 Å². The molecular formula is C30H27N7O. The lowest BCUT2D eigenvalue weighted by molar-refractivity contribution is -0.116. The van der Waals surface area contributed by atoms with Crippen molar-refractivity contribution in [3.8, 4) is 22.5 Å². The highest BCUT2D eigenvalue weighted by Gasteiger charge is 2.19. The molecule has 0 spiro atoms. The van der Waals surface area contributed by atoms with Gasteiger partial charge in [0, 0.05) is 64.8 Å². The fraction of sp³-hybridized carbons (Fsp3) is 0.167. The Morgan fingerprint density at radius 2 is 2.00 bits per heavy atom. The van der Waals surface area contributed by atoms with Gasteiger partial charge in [0.2, 0.25) is 5.91 Å². The van der Waals surface area contributed by atoms with Crippen molar-refractivity contribution in [3.63, 3.8) is 0 Å². The Morgan fingerprint density at radius 3 is 2.87 bits per heavy atom. The molecule has 0 radical (unpaired) electrons. The van der Waals surface area contributed by atoms with Crippen LogP contribution in [0, 0.1) is 0 Å². The van der Waals surface area contributed by atoms with Crippen LogP contribution in [0.4, 0.5) is 5.69 Å². The largest absolute Gasteiger partial charge is 0.356 e. The van der Waals surface area contributed by atoms with E-state index in [1.807, 2.05) is 30.5 Å². The summed E-state index contributed by atoms with van der Waals surface area (Å²) < 4.78 is 0. The van der Waals surface area contributed by atoms with E-state index in [1.165, 1.54) is 0 Å². The second-order valence-corrected chi connectivity index (χ2v) is 9.31. The van der Waals surface area contributed by atoms with Crippen molar-refractivity contribution in [1.29, 1.82) is 0 Å². The van der Waals surface area contributed by atoms with Crippen LogP contribution in [-0.2, 0) is 11.2 Å². The van der Waals surface area contributed by atoms with Crippen LogP contribution in [0.3, 0.4) is 0 Å². The first-order valence-electron chi connectivity index (χ1n) is 12.8. The van der Waals surface area contributed by atoms with Gasteiger partial charge in [-0.2, -0.15) is 5.10 Å². The Kier molecular flexibility index (Phi) is 6.35. The molecule has 5 aromatic heterocycles. The van der Waals surface area contributed by atoms with E-state index in [4.69, 9.17) is 0 Å². The molecule has 0 atom stereocenters. The normalized spacial score (nSPS) is 12.7. The molecule has 0 aromatic carbocycles. The summed E-state index contributed by atoms with van der Waals surface area (Å²) in [5.41, 5.74) is 9.10. The molecule has 0 saturated carbocycles. The minimum absolute atomic E-state index is 0.00280. The summed E-state index contributed by atoms with van der Waals surface area (Å²) in [5, 5.41) is 11.5. The predicted octanol–water partition coefficient (Wildman–Crippen LogP) is 6.08. The van der Waals surface area contributed by atoms with E-state index in [0.29, 0.717) is 17.8 Å². The highest BCUT2D eigenvalue weighted by molar-refractivity contribution is 5.95. The second kappa shape index (κ2) is 10.3. The summed E-state index contributed by atoms with van der Waals surface area (Å²) in [6, 6.07) is 12.1. The van der Waals surface area contributed by atoms with Crippen LogP contribution >= 0.6 is 0 Å². The number of anilines is 1. The maximum absolute atomic E-state index is 12.2. The van der Waals surface area contributed by atoms with Gasteiger partial charge in [-0.05, 0) is 36.8 Å². The standard InChI is InChI=1S/C30H27N7O/c1-2-3-11-28(38)34-21-13-19(16-31-18-21)20-14-24-29(36-37-30(24)33-17-20)27-15-23-22(25-9-6-7-12-32-25)8-4-5-10-26(23)35-27/h4-9,12-18,35H,2-3,10-11H2,1H3,(H,34,38)(H,33,36,37). The zero-order valence-electron chi connectivity index (χ0n) is 21.0. The predicted molar refractivity (Wildman–Crippen MR) is 149 cm³/mol. The molecule has 0 fully saturated rings. The first-order valence-corrected chi connectivity index (χ1v) is 12.8. The zero-order chi connectivity index (χ0) is 25.9. The molecule has 0 saturated heterocycles. The number of hydrogen-bond acceptors (Lipinski definition) is 5. The quantitative estimate of drug-likeness (QED) is 0.250. The van der Waals surface area contributed by atoms with Crippen LogP contribution in [0.2, 0.25) is 0 Å². The van der Waals surface area contributed by atoms with E-state index in [-0.39, 0.29) is 5.91 Å². The number of rotatable bonds is 7.